The molecule has 2 amide bonds. The fraction of sp³-hybridized carbons (Fsp3) is 0.364. The largest absolute Gasteiger partial charge is 0.416 e. The van der Waals surface area contributed by atoms with Crippen molar-refractivity contribution in [1.82, 2.24) is 9.80 Å². The number of benzene rings is 2. The number of amides is 2. The van der Waals surface area contributed by atoms with Crippen molar-refractivity contribution in [1.29, 1.82) is 0 Å². The highest BCUT2D eigenvalue weighted by molar-refractivity contribution is 6.30. The van der Waals surface area contributed by atoms with E-state index >= 15 is 0 Å². The molecule has 0 aromatic heterocycles. The molecule has 8 heteroatoms. The number of alkyl halides is 3. The van der Waals surface area contributed by atoms with Crippen molar-refractivity contribution in [3.8, 4) is 0 Å². The Bertz CT molecular complexity index is 883. The molecule has 1 aliphatic heterocycles. The van der Waals surface area contributed by atoms with Crippen LogP contribution in [-0.4, -0.2) is 47.8 Å². The summed E-state index contributed by atoms with van der Waals surface area (Å²) in [6, 6.07) is 11.6. The van der Waals surface area contributed by atoms with E-state index in [-0.39, 0.29) is 17.4 Å². The number of carbonyl (C=O) groups excluding carboxylic acids is 2. The summed E-state index contributed by atoms with van der Waals surface area (Å²) in [6.45, 7) is 1.77. The van der Waals surface area contributed by atoms with Gasteiger partial charge in [0.15, 0.2) is 0 Å². The number of rotatable bonds is 4. The molecule has 160 valence electrons. The van der Waals surface area contributed by atoms with E-state index in [2.05, 4.69) is 0 Å². The highest BCUT2D eigenvalue weighted by atomic mass is 35.5. The van der Waals surface area contributed by atoms with Gasteiger partial charge in [-0.05, 0) is 54.8 Å². The molecule has 2 aromatic carbocycles. The lowest BCUT2D eigenvalue weighted by Crippen LogP contribution is -2.37. The number of aryl methyl sites for hydroxylation is 1. The topological polar surface area (TPSA) is 40.6 Å². The van der Waals surface area contributed by atoms with Crippen LogP contribution in [0.25, 0.3) is 0 Å². The number of halogens is 4. The first-order valence-corrected chi connectivity index (χ1v) is 10.1. The second-order valence-electron chi connectivity index (χ2n) is 7.23. The second-order valence-corrected chi connectivity index (χ2v) is 7.66. The van der Waals surface area contributed by atoms with Crippen LogP contribution in [0.2, 0.25) is 5.02 Å². The van der Waals surface area contributed by atoms with Crippen molar-refractivity contribution >= 4 is 23.4 Å². The van der Waals surface area contributed by atoms with Crippen molar-refractivity contribution in [2.45, 2.75) is 25.4 Å². The molecule has 30 heavy (non-hydrogen) atoms. The Hall–Kier alpha value is -2.54. The minimum atomic E-state index is -4.43. The average molecular weight is 439 g/mol. The van der Waals surface area contributed by atoms with Gasteiger partial charge in [0.05, 0.1) is 5.56 Å². The summed E-state index contributed by atoms with van der Waals surface area (Å²) in [5.74, 6) is -0.298. The van der Waals surface area contributed by atoms with Gasteiger partial charge in [-0.15, -0.1) is 0 Å². The fourth-order valence-corrected chi connectivity index (χ4v) is 3.54. The van der Waals surface area contributed by atoms with Gasteiger partial charge in [-0.3, -0.25) is 9.59 Å². The van der Waals surface area contributed by atoms with E-state index in [0.29, 0.717) is 50.5 Å². The molecule has 1 heterocycles. The van der Waals surface area contributed by atoms with Gasteiger partial charge in [-0.25, -0.2) is 0 Å². The first-order chi connectivity index (χ1) is 14.2. The van der Waals surface area contributed by atoms with E-state index in [1.54, 1.807) is 21.9 Å². The van der Waals surface area contributed by atoms with Crippen LogP contribution in [0.1, 0.15) is 34.3 Å². The molecule has 0 unspecified atom stereocenters. The predicted molar refractivity (Wildman–Crippen MR) is 108 cm³/mol. The standard InChI is InChI=1S/C22H22ClF3N2O2/c23-19-9-2-16(3-10-19)4-11-20(29)27-12-1-13-28(15-14-27)21(30)17-5-7-18(8-6-17)22(24,25)26/h2-3,5-10H,1,4,11-15H2. The molecule has 0 atom stereocenters. The first-order valence-electron chi connectivity index (χ1n) is 9.73. The Labute approximate surface area is 178 Å². The molecule has 0 bridgehead atoms. The highest BCUT2D eigenvalue weighted by Gasteiger charge is 2.30. The molecule has 1 fully saturated rings. The molecule has 0 radical (unpaired) electrons. The third-order valence-corrected chi connectivity index (χ3v) is 5.39. The molecule has 0 saturated carbocycles. The zero-order valence-electron chi connectivity index (χ0n) is 16.3. The highest BCUT2D eigenvalue weighted by Crippen LogP contribution is 2.29. The Morgan fingerprint density at radius 2 is 1.47 bits per heavy atom. The van der Waals surface area contributed by atoms with E-state index in [4.69, 9.17) is 11.6 Å². The molecule has 4 nitrogen and oxygen atoms in total. The normalized spacial score (nSPS) is 15.1. The number of hydrogen-bond donors (Lipinski definition) is 0. The van der Waals surface area contributed by atoms with Crippen molar-refractivity contribution in [3.63, 3.8) is 0 Å². The van der Waals surface area contributed by atoms with E-state index < -0.39 is 11.7 Å². The van der Waals surface area contributed by atoms with E-state index in [9.17, 15) is 22.8 Å². The second kappa shape index (κ2) is 9.51. The molecular weight excluding hydrogens is 417 g/mol. The average Bonchev–Trinajstić information content (AvgIpc) is 2.98. The molecule has 0 aliphatic carbocycles. The van der Waals surface area contributed by atoms with Crippen LogP contribution in [-0.2, 0) is 17.4 Å². The molecule has 1 saturated heterocycles. The smallest absolute Gasteiger partial charge is 0.341 e. The van der Waals surface area contributed by atoms with Gasteiger partial charge in [0.2, 0.25) is 5.91 Å². The van der Waals surface area contributed by atoms with Crippen molar-refractivity contribution in [2.75, 3.05) is 26.2 Å². The molecule has 0 spiro atoms. The number of hydrogen-bond acceptors (Lipinski definition) is 2. The van der Waals surface area contributed by atoms with Gasteiger partial charge in [-0.2, -0.15) is 13.2 Å². The fourth-order valence-electron chi connectivity index (χ4n) is 3.41. The van der Waals surface area contributed by atoms with Gasteiger partial charge in [0, 0.05) is 43.2 Å². The van der Waals surface area contributed by atoms with E-state index in [1.807, 2.05) is 12.1 Å². The van der Waals surface area contributed by atoms with Crippen LogP contribution in [0.3, 0.4) is 0 Å². The van der Waals surface area contributed by atoms with Gasteiger partial charge < -0.3 is 9.80 Å². The van der Waals surface area contributed by atoms with Crippen LogP contribution in [0.5, 0.6) is 0 Å². The molecule has 2 aromatic rings. The zero-order chi connectivity index (χ0) is 21.7. The van der Waals surface area contributed by atoms with E-state index in [1.165, 1.54) is 12.1 Å². The van der Waals surface area contributed by atoms with Gasteiger partial charge in [-0.1, -0.05) is 23.7 Å². The lowest BCUT2D eigenvalue weighted by atomic mass is 10.1. The third-order valence-electron chi connectivity index (χ3n) is 5.14. The minimum Gasteiger partial charge on any atom is -0.341 e. The number of carbonyl (C=O) groups is 2. The summed E-state index contributed by atoms with van der Waals surface area (Å²) in [7, 11) is 0. The summed E-state index contributed by atoms with van der Waals surface area (Å²) < 4.78 is 38.1. The SMILES string of the molecule is O=C(CCc1ccc(Cl)cc1)N1CCCN(C(=O)c2ccc(C(F)(F)F)cc2)CC1. The quantitative estimate of drug-likeness (QED) is 0.696. The Morgan fingerprint density at radius 1 is 0.867 bits per heavy atom. The zero-order valence-corrected chi connectivity index (χ0v) is 17.0. The maximum Gasteiger partial charge on any atom is 0.416 e. The lowest BCUT2D eigenvalue weighted by Gasteiger charge is -2.22. The Morgan fingerprint density at radius 3 is 2.10 bits per heavy atom. The monoisotopic (exact) mass is 438 g/mol. The van der Waals surface area contributed by atoms with Crippen molar-refractivity contribution in [3.05, 3.63) is 70.2 Å². The predicted octanol–water partition coefficient (Wildman–Crippen LogP) is 4.67. The van der Waals surface area contributed by atoms with Crippen LogP contribution in [0.15, 0.2) is 48.5 Å². The molecule has 3 rings (SSSR count). The van der Waals surface area contributed by atoms with E-state index in [0.717, 1.165) is 17.7 Å². The molecule has 1 aliphatic rings. The van der Waals surface area contributed by atoms with Gasteiger partial charge in [0.25, 0.3) is 5.91 Å². The maximum atomic E-state index is 12.7. The van der Waals surface area contributed by atoms with Gasteiger partial charge in [0.1, 0.15) is 0 Å². The van der Waals surface area contributed by atoms with Crippen molar-refractivity contribution in [2.24, 2.45) is 0 Å². The van der Waals surface area contributed by atoms with Crippen LogP contribution in [0.4, 0.5) is 13.2 Å². The Balaban J connectivity index is 1.54. The summed E-state index contributed by atoms with van der Waals surface area (Å²) in [4.78, 5) is 28.6. The molecule has 0 N–H and O–H groups in total. The summed E-state index contributed by atoms with van der Waals surface area (Å²) in [6.07, 6.45) is -2.83. The Kier molecular flexibility index (Phi) is 7.02. The summed E-state index contributed by atoms with van der Waals surface area (Å²) in [5.41, 5.74) is 0.458. The van der Waals surface area contributed by atoms with Crippen LogP contribution < -0.4 is 0 Å². The summed E-state index contributed by atoms with van der Waals surface area (Å²) >= 11 is 5.87. The minimum absolute atomic E-state index is 0.0220. The first kappa shape index (κ1) is 22.2. The van der Waals surface area contributed by atoms with Gasteiger partial charge >= 0.3 is 6.18 Å². The third kappa shape index (κ3) is 5.75. The molecular formula is C22H22ClF3N2O2. The van der Waals surface area contributed by atoms with Crippen LogP contribution >= 0.6 is 11.6 Å². The maximum absolute atomic E-state index is 12.7. The number of nitrogens with zero attached hydrogens (tertiary/aromatic N) is 2. The van der Waals surface area contributed by atoms with Crippen molar-refractivity contribution < 1.29 is 22.8 Å². The lowest BCUT2D eigenvalue weighted by molar-refractivity contribution is -0.137. The summed E-state index contributed by atoms with van der Waals surface area (Å²) in [5, 5.41) is 0.649. The van der Waals surface area contributed by atoms with Crippen LogP contribution in [0, 0.1) is 0 Å².